The molecule has 0 amide bonds. The van der Waals surface area contributed by atoms with Crippen molar-refractivity contribution < 1.29 is 18.7 Å². The van der Waals surface area contributed by atoms with Gasteiger partial charge in [-0.2, -0.15) is 0 Å². The summed E-state index contributed by atoms with van der Waals surface area (Å²) >= 11 is 0. The average Bonchev–Trinajstić information content (AvgIpc) is 2.70. The number of halogens is 2. The summed E-state index contributed by atoms with van der Waals surface area (Å²) in [6, 6.07) is 2.60. The van der Waals surface area contributed by atoms with Crippen LogP contribution in [-0.4, -0.2) is 28.6 Å². The van der Waals surface area contributed by atoms with Gasteiger partial charge in [0.1, 0.15) is 17.7 Å². The Balaban J connectivity index is 2.30. The van der Waals surface area contributed by atoms with Gasteiger partial charge in [0.2, 0.25) is 0 Å². The van der Waals surface area contributed by atoms with E-state index in [0.29, 0.717) is 24.9 Å². The first kappa shape index (κ1) is 13.0. The lowest BCUT2D eigenvalue weighted by Gasteiger charge is -2.26. The number of hydrogen-bond donors (Lipinski definition) is 1. The second kappa shape index (κ2) is 5.02. The topological polar surface area (TPSA) is 40.5 Å². The van der Waals surface area contributed by atoms with Crippen LogP contribution in [-0.2, 0) is 4.79 Å². The van der Waals surface area contributed by atoms with Gasteiger partial charge in [-0.15, -0.1) is 0 Å². The molecular weight excluding hydrogens is 240 g/mol. The lowest BCUT2D eigenvalue weighted by atomic mass is 10.0. The van der Waals surface area contributed by atoms with E-state index in [0.717, 1.165) is 6.07 Å². The molecule has 1 aromatic carbocycles. The molecule has 0 spiro atoms. The number of benzene rings is 1. The van der Waals surface area contributed by atoms with Gasteiger partial charge in [-0.1, -0.05) is 6.92 Å². The molecule has 0 aliphatic carbocycles. The lowest BCUT2D eigenvalue weighted by molar-refractivity contribution is -0.142. The Morgan fingerprint density at radius 3 is 2.44 bits per heavy atom. The molecule has 3 nitrogen and oxygen atoms in total. The Labute approximate surface area is 104 Å². The highest BCUT2D eigenvalue weighted by molar-refractivity contribution is 5.74. The van der Waals surface area contributed by atoms with Crippen molar-refractivity contribution in [2.75, 3.05) is 6.54 Å². The van der Waals surface area contributed by atoms with Crippen LogP contribution < -0.4 is 0 Å². The second-order valence-corrected chi connectivity index (χ2v) is 4.48. The van der Waals surface area contributed by atoms with E-state index in [2.05, 4.69) is 0 Å². The van der Waals surface area contributed by atoms with Crippen LogP contribution in [0.25, 0.3) is 0 Å². The standard InChI is InChI=1S/C13H15F2NO2/c1-2-16-11(3-4-12(16)13(17)18)8-5-9(14)7-10(15)6-8/h5-7,11-12H,2-4H2,1H3,(H,17,18)/t11?,12-/m1/s1. The smallest absolute Gasteiger partial charge is 0.320 e. The normalized spacial score (nSPS) is 24.4. The van der Waals surface area contributed by atoms with E-state index < -0.39 is 23.6 Å². The number of carboxylic acid groups (broad SMARTS) is 1. The first-order valence-electron chi connectivity index (χ1n) is 5.97. The molecule has 1 unspecified atom stereocenters. The highest BCUT2D eigenvalue weighted by Gasteiger charge is 2.37. The van der Waals surface area contributed by atoms with Crippen molar-refractivity contribution in [2.45, 2.75) is 31.8 Å². The molecule has 1 saturated heterocycles. The molecule has 18 heavy (non-hydrogen) atoms. The number of carboxylic acids is 1. The highest BCUT2D eigenvalue weighted by Crippen LogP contribution is 2.36. The van der Waals surface area contributed by atoms with Crippen molar-refractivity contribution >= 4 is 5.97 Å². The maximum Gasteiger partial charge on any atom is 0.320 e. The third-order valence-corrected chi connectivity index (χ3v) is 3.43. The van der Waals surface area contributed by atoms with Gasteiger partial charge in [0.15, 0.2) is 0 Å². The number of likely N-dealkylation sites (tertiary alicyclic amines) is 1. The van der Waals surface area contributed by atoms with Gasteiger partial charge in [0, 0.05) is 12.1 Å². The maximum absolute atomic E-state index is 13.2. The fourth-order valence-electron chi connectivity index (χ4n) is 2.70. The molecule has 1 aliphatic heterocycles. The molecule has 2 atom stereocenters. The van der Waals surface area contributed by atoms with Crippen molar-refractivity contribution in [2.24, 2.45) is 0 Å². The fraction of sp³-hybridized carbons (Fsp3) is 0.462. The zero-order valence-electron chi connectivity index (χ0n) is 10.1. The third kappa shape index (κ3) is 2.36. The van der Waals surface area contributed by atoms with E-state index in [9.17, 15) is 13.6 Å². The van der Waals surface area contributed by atoms with Crippen molar-refractivity contribution in [3.05, 3.63) is 35.4 Å². The van der Waals surface area contributed by atoms with Crippen molar-refractivity contribution in [3.63, 3.8) is 0 Å². The molecule has 2 rings (SSSR count). The van der Waals surface area contributed by atoms with Crippen LogP contribution >= 0.6 is 0 Å². The molecule has 1 aliphatic rings. The van der Waals surface area contributed by atoms with Gasteiger partial charge in [0.25, 0.3) is 0 Å². The number of hydrogen-bond acceptors (Lipinski definition) is 2. The molecule has 0 radical (unpaired) electrons. The summed E-state index contributed by atoms with van der Waals surface area (Å²) in [6.07, 6.45) is 1.11. The van der Waals surface area contributed by atoms with E-state index in [1.807, 2.05) is 6.92 Å². The quantitative estimate of drug-likeness (QED) is 0.902. The van der Waals surface area contributed by atoms with E-state index in [1.54, 1.807) is 4.90 Å². The summed E-state index contributed by atoms with van der Waals surface area (Å²) in [5.41, 5.74) is 0.512. The minimum Gasteiger partial charge on any atom is -0.480 e. The Morgan fingerprint density at radius 1 is 1.33 bits per heavy atom. The van der Waals surface area contributed by atoms with Crippen LogP contribution in [0.4, 0.5) is 8.78 Å². The number of carbonyl (C=O) groups is 1. The number of nitrogens with zero attached hydrogens (tertiary/aromatic N) is 1. The Kier molecular flexibility index (Phi) is 3.61. The zero-order valence-corrected chi connectivity index (χ0v) is 10.1. The molecule has 0 bridgehead atoms. The van der Waals surface area contributed by atoms with Crippen molar-refractivity contribution in [1.82, 2.24) is 4.90 Å². The predicted octanol–water partition coefficient (Wildman–Crippen LogP) is 2.57. The Bertz CT molecular complexity index is 444. The van der Waals surface area contributed by atoms with Gasteiger partial charge in [0.05, 0.1) is 0 Å². The minimum absolute atomic E-state index is 0.221. The van der Waals surface area contributed by atoms with Crippen LogP contribution in [0, 0.1) is 11.6 Å². The SMILES string of the molecule is CCN1C(c2cc(F)cc(F)c2)CC[C@@H]1C(=O)O. The highest BCUT2D eigenvalue weighted by atomic mass is 19.1. The van der Waals surface area contributed by atoms with Crippen molar-refractivity contribution in [3.8, 4) is 0 Å². The predicted molar refractivity (Wildman–Crippen MR) is 62.1 cm³/mol. The van der Waals surface area contributed by atoms with Crippen LogP contribution in [0.15, 0.2) is 18.2 Å². The van der Waals surface area contributed by atoms with Gasteiger partial charge >= 0.3 is 5.97 Å². The second-order valence-electron chi connectivity index (χ2n) is 4.48. The summed E-state index contributed by atoms with van der Waals surface area (Å²) in [7, 11) is 0. The van der Waals surface area contributed by atoms with Gasteiger partial charge in [-0.25, -0.2) is 8.78 Å². The van der Waals surface area contributed by atoms with Gasteiger partial charge in [-0.3, -0.25) is 9.69 Å². The summed E-state index contributed by atoms with van der Waals surface area (Å²) in [5.74, 6) is -2.13. The molecule has 0 saturated carbocycles. The van der Waals surface area contributed by atoms with Gasteiger partial charge in [-0.05, 0) is 37.1 Å². The molecule has 1 heterocycles. The summed E-state index contributed by atoms with van der Waals surface area (Å²) < 4.78 is 26.4. The van der Waals surface area contributed by atoms with Crippen LogP contribution in [0.3, 0.4) is 0 Å². The molecule has 5 heteroatoms. The fourth-order valence-corrected chi connectivity index (χ4v) is 2.70. The van der Waals surface area contributed by atoms with Crippen LogP contribution in [0.5, 0.6) is 0 Å². The van der Waals surface area contributed by atoms with E-state index >= 15 is 0 Å². The van der Waals surface area contributed by atoms with Gasteiger partial charge < -0.3 is 5.11 Å². The van der Waals surface area contributed by atoms with E-state index in [1.165, 1.54) is 12.1 Å². The zero-order chi connectivity index (χ0) is 13.3. The number of likely N-dealkylation sites (N-methyl/N-ethyl adjacent to an activating group) is 1. The number of rotatable bonds is 3. The maximum atomic E-state index is 13.2. The Morgan fingerprint density at radius 2 is 1.94 bits per heavy atom. The Hall–Kier alpha value is -1.49. The van der Waals surface area contributed by atoms with E-state index in [-0.39, 0.29) is 6.04 Å². The molecule has 98 valence electrons. The molecule has 1 N–H and O–H groups in total. The third-order valence-electron chi connectivity index (χ3n) is 3.43. The van der Waals surface area contributed by atoms with E-state index in [4.69, 9.17) is 5.11 Å². The first-order valence-corrected chi connectivity index (χ1v) is 5.97. The monoisotopic (exact) mass is 255 g/mol. The minimum atomic E-state index is -0.878. The lowest BCUT2D eigenvalue weighted by Crippen LogP contribution is -2.37. The first-order chi connectivity index (χ1) is 8.52. The molecule has 0 aromatic heterocycles. The molecular formula is C13H15F2NO2. The molecule has 1 fully saturated rings. The molecule has 1 aromatic rings. The average molecular weight is 255 g/mol. The largest absolute Gasteiger partial charge is 0.480 e. The number of aliphatic carboxylic acids is 1. The van der Waals surface area contributed by atoms with Crippen molar-refractivity contribution in [1.29, 1.82) is 0 Å². The summed E-state index contributed by atoms with van der Waals surface area (Å²) in [5, 5.41) is 9.10. The van der Waals surface area contributed by atoms with Crippen LogP contribution in [0.2, 0.25) is 0 Å². The summed E-state index contributed by atoms with van der Waals surface area (Å²) in [6.45, 7) is 2.39. The van der Waals surface area contributed by atoms with Crippen LogP contribution in [0.1, 0.15) is 31.4 Å². The summed E-state index contributed by atoms with van der Waals surface area (Å²) in [4.78, 5) is 12.9.